The van der Waals surface area contributed by atoms with Crippen molar-refractivity contribution < 1.29 is 14.3 Å². The van der Waals surface area contributed by atoms with Crippen LogP contribution < -0.4 is 10.2 Å². The number of rotatable bonds is 4. The first kappa shape index (κ1) is 18.4. The number of nitrogens with one attached hydrogen (secondary N) is 1. The van der Waals surface area contributed by atoms with E-state index in [2.05, 4.69) is 21.3 Å². The van der Waals surface area contributed by atoms with Gasteiger partial charge in [-0.25, -0.2) is 9.37 Å². The monoisotopic (exact) mass is 380 g/mol. The molecule has 1 saturated carbocycles. The van der Waals surface area contributed by atoms with E-state index < -0.39 is 12.1 Å². The molecule has 1 amide bonds. The number of alkyl halides is 1. The van der Waals surface area contributed by atoms with Crippen molar-refractivity contribution in [3.05, 3.63) is 42.1 Å². The van der Waals surface area contributed by atoms with E-state index >= 15 is 0 Å². The van der Waals surface area contributed by atoms with Crippen LogP contribution in [-0.2, 0) is 4.79 Å². The summed E-state index contributed by atoms with van der Waals surface area (Å²) in [7, 11) is 0. The summed E-state index contributed by atoms with van der Waals surface area (Å²) >= 11 is 0. The van der Waals surface area contributed by atoms with Crippen molar-refractivity contribution >= 4 is 17.4 Å². The molecule has 2 unspecified atom stereocenters. The molecule has 0 bridgehead atoms. The summed E-state index contributed by atoms with van der Waals surface area (Å²) in [5.41, 5.74) is 3.08. The Balaban J connectivity index is 1.55. The Hall–Kier alpha value is -2.98. The fourth-order valence-electron chi connectivity index (χ4n) is 3.52. The second-order valence-electron chi connectivity index (χ2n) is 7.34. The molecule has 28 heavy (non-hydrogen) atoms. The first-order chi connectivity index (χ1) is 13.5. The average molecular weight is 380 g/mol. The predicted molar refractivity (Wildman–Crippen MR) is 103 cm³/mol. The maximum absolute atomic E-state index is 13.0. The average Bonchev–Trinajstić information content (AvgIpc) is 3.45. The maximum Gasteiger partial charge on any atom is 0.231 e. The summed E-state index contributed by atoms with van der Waals surface area (Å²) in [5.74, 6) is -0.551. The van der Waals surface area contributed by atoms with Gasteiger partial charge in [-0.15, -0.1) is 0 Å². The highest BCUT2D eigenvalue weighted by Gasteiger charge is 2.43. The van der Waals surface area contributed by atoms with Crippen LogP contribution in [-0.4, -0.2) is 41.4 Å². The summed E-state index contributed by atoms with van der Waals surface area (Å²) in [6.45, 7) is 1.44. The third-order valence-electron chi connectivity index (χ3n) is 5.32. The first-order valence-electron chi connectivity index (χ1n) is 9.43. The Morgan fingerprint density at radius 3 is 2.64 bits per heavy atom. The van der Waals surface area contributed by atoms with Crippen LogP contribution in [0, 0.1) is 17.2 Å². The second kappa shape index (κ2) is 7.56. The highest BCUT2D eigenvalue weighted by Crippen LogP contribution is 2.35. The zero-order valence-electron chi connectivity index (χ0n) is 15.3. The van der Waals surface area contributed by atoms with E-state index in [9.17, 15) is 19.6 Å². The minimum atomic E-state index is -1.05. The lowest BCUT2D eigenvalue weighted by atomic mass is 10.0. The molecule has 2 aliphatic rings. The number of hydrogen-bond donors (Lipinski definition) is 2. The number of amides is 1. The number of anilines is 2. The molecule has 1 saturated heterocycles. The quantitative estimate of drug-likeness (QED) is 0.851. The van der Waals surface area contributed by atoms with Gasteiger partial charge in [0.05, 0.1) is 23.3 Å². The van der Waals surface area contributed by atoms with Crippen LogP contribution in [0.1, 0.15) is 24.8 Å². The van der Waals surface area contributed by atoms with Gasteiger partial charge in [-0.1, -0.05) is 6.07 Å². The molecule has 2 atom stereocenters. The Bertz CT molecular complexity index is 934. The van der Waals surface area contributed by atoms with E-state index in [0.29, 0.717) is 24.2 Å². The normalized spacial score (nSPS) is 21.8. The number of piperidine rings is 1. The number of nitrogens with zero attached hydrogens (tertiary/aromatic N) is 3. The Labute approximate surface area is 162 Å². The van der Waals surface area contributed by atoms with E-state index in [0.717, 1.165) is 29.9 Å². The molecule has 1 aromatic carbocycles. The topological polar surface area (TPSA) is 89.2 Å². The standard InChI is InChI=1S/C21H21FN4O2/c22-18-11-17(18)21(28)25-20-10-14(3-6-24-20)13-1-2-19(15(9-13)12-23)26-7-4-16(27)5-8-26/h1-3,6,9-10,16-18,27H,4-5,7-8,11H2,(H,24,25,28). The van der Waals surface area contributed by atoms with Gasteiger partial charge < -0.3 is 15.3 Å². The molecule has 0 radical (unpaired) electrons. The van der Waals surface area contributed by atoms with E-state index in [1.807, 2.05) is 18.2 Å². The zero-order chi connectivity index (χ0) is 19.7. The number of nitriles is 1. The summed E-state index contributed by atoms with van der Waals surface area (Å²) in [4.78, 5) is 18.2. The van der Waals surface area contributed by atoms with Crippen molar-refractivity contribution in [2.24, 2.45) is 5.92 Å². The molecule has 1 aromatic heterocycles. The summed E-state index contributed by atoms with van der Waals surface area (Å²) < 4.78 is 13.0. The molecule has 0 spiro atoms. The summed E-state index contributed by atoms with van der Waals surface area (Å²) in [6.07, 6.45) is 1.92. The summed E-state index contributed by atoms with van der Waals surface area (Å²) in [5, 5.41) is 21.9. The van der Waals surface area contributed by atoms with Crippen molar-refractivity contribution in [1.29, 1.82) is 5.26 Å². The van der Waals surface area contributed by atoms with E-state index in [4.69, 9.17) is 0 Å². The van der Waals surface area contributed by atoms with Crippen LogP contribution in [0.15, 0.2) is 36.5 Å². The van der Waals surface area contributed by atoms with Crippen LogP contribution >= 0.6 is 0 Å². The molecule has 2 fully saturated rings. The third kappa shape index (κ3) is 3.82. The van der Waals surface area contributed by atoms with Crippen molar-refractivity contribution in [3.8, 4) is 17.2 Å². The van der Waals surface area contributed by atoms with Gasteiger partial charge in [-0.3, -0.25) is 4.79 Å². The van der Waals surface area contributed by atoms with Gasteiger partial charge in [0.25, 0.3) is 0 Å². The number of pyridine rings is 1. The minimum Gasteiger partial charge on any atom is -0.393 e. The number of benzene rings is 1. The van der Waals surface area contributed by atoms with E-state index in [-0.39, 0.29) is 18.4 Å². The lowest BCUT2D eigenvalue weighted by molar-refractivity contribution is -0.117. The SMILES string of the molecule is N#Cc1cc(-c2ccnc(NC(=O)C3CC3F)c2)ccc1N1CCC(O)CC1. The molecule has 2 aromatic rings. The molecular formula is C21H21FN4O2. The molecule has 1 aliphatic heterocycles. The molecule has 2 N–H and O–H groups in total. The van der Waals surface area contributed by atoms with Crippen molar-refractivity contribution in [2.45, 2.75) is 31.5 Å². The zero-order valence-corrected chi connectivity index (χ0v) is 15.3. The molecule has 1 aliphatic carbocycles. The fourth-order valence-corrected chi connectivity index (χ4v) is 3.52. The van der Waals surface area contributed by atoms with Gasteiger partial charge in [0.2, 0.25) is 5.91 Å². The number of aromatic nitrogens is 1. The van der Waals surface area contributed by atoms with Crippen molar-refractivity contribution in [1.82, 2.24) is 4.98 Å². The van der Waals surface area contributed by atoms with Gasteiger partial charge >= 0.3 is 0 Å². The number of aliphatic hydroxyl groups excluding tert-OH is 1. The minimum absolute atomic E-state index is 0.269. The Kier molecular flexibility index (Phi) is 4.97. The highest BCUT2D eigenvalue weighted by molar-refractivity contribution is 5.94. The van der Waals surface area contributed by atoms with Gasteiger partial charge in [-0.2, -0.15) is 5.26 Å². The largest absolute Gasteiger partial charge is 0.393 e. The smallest absolute Gasteiger partial charge is 0.231 e. The molecule has 6 nitrogen and oxygen atoms in total. The predicted octanol–water partition coefficient (Wildman–Crippen LogP) is 2.88. The maximum atomic E-state index is 13.0. The Morgan fingerprint density at radius 2 is 1.96 bits per heavy atom. The lowest BCUT2D eigenvalue weighted by Crippen LogP contribution is -2.36. The van der Waals surface area contributed by atoms with Crippen LogP contribution in [0.3, 0.4) is 0 Å². The van der Waals surface area contributed by atoms with Crippen LogP contribution in [0.4, 0.5) is 15.9 Å². The number of halogens is 1. The van der Waals surface area contributed by atoms with Gasteiger partial charge in [0.15, 0.2) is 0 Å². The van der Waals surface area contributed by atoms with E-state index in [1.165, 1.54) is 0 Å². The molecular weight excluding hydrogens is 359 g/mol. The van der Waals surface area contributed by atoms with Gasteiger partial charge in [0, 0.05) is 19.3 Å². The van der Waals surface area contributed by atoms with Crippen LogP contribution in [0.5, 0.6) is 0 Å². The number of aliphatic hydroxyl groups is 1. The molecule has 144 valence electrons. The number of hydrogen-bond acceptors (Lipinski definition) is 5. The van der Waals surface area contributed by atoms with Gasteiger partial charge in [-0.05, 0) is 54.7 Å². The molecule has 7 heteroatoms. The van der Waals surface area contributed by atoms with Crippen LogP contribution in [0.2, 0.25) is 0 Å². The number of carbonyl (C=O) groups is 1. The Morgan fingerprint density at radius 1 is 1.25 bits per heavy atom. The molecule has 4 rings (SSSR count). The van der Waals surface area contributed by atoms with Crippen molar-refractivity contribution in [2.75, 3.05) is 23.3 Å². The number of carbonyl (C=O) groups excluding carboxylic acids is 1. The highest BCUT2D eigenvalue weighted by atomic mass is 19.1. The van der Waals surface area contributed by atoms with E-state index in [1.54, 1.807) is 18.3 Å². The van der Waals surface area contributed by atoms with Crippen LogP contribution in [0.25, 0.3) is 11.1 Å². The van der Waals surface area contributed by atoms with Gasteiger partial charge in [0.1, 0.15) is 18.1 Å². The molecule has 2 heterocycles. The second-order valence-corrected chi connectivity index (χ2v) is 7.34. The third-order valence-corrected chi connectivity index (χ3v) is 5.32. The van der Waals surface area contributed by atoms with Crippen molar-refractivity contribution in [3.63, 3.8) is 0 Å². The summed E-state index contributed by atoms with van der Waals surface area (Å²) in [6, 6.07) is 11.5. The first-order valence-corrected chi connectivity index (χ1v) is 9.43. The fraction of sp³-hybridized carbons (Fsp3) is 0.381. The lowest BCUT2D eigenvalue weighted by Gasteiger charge is -2.32.